The predicted octanol–water partition coefficient (Wildman–Crippen LogP) is 2.11. The van der Waals surface area contributed by atoms with Crippen molar-refractivity contribution in [2.45, 2.75) is 25.8 Å². The van der Waals surface area contributed by atoms with E-state index in [1.54, 1.807) is 19.1 Å². The minimum absolute atomic E-state index is 0.112. The molecule has 1 aromatic carbocycles. The first-order valence-electron chi connectivity index (χ1n) is 5.45. The summed E-state index contributed by atoms with van der Waals surface area (Å²) >= 11 is 0. The van der Waals surface area contributed by atoms with Crippen molar-refractivity contribution in [1.82, 2.24) is 5.32 Å². The van der Waals surface area contributed by atoms with Gasteiger partial charge < -0.3 is 15.7 Å². The first-order valence-corrected chi connectivity index (χ1v) is 5.45. The number of halogens is 1. The number of hydrogen-bond acceptors (Lipinski definition) is 2. The van der Waals surface area contributed by atoms with Crippen LogP contribution in [0.4, 0.5) is 14.9 Å². The van der Waals surface area contributed by atoms with Crippen LogP contribution in [0.2, 0.25) is 0 Å². The smallest absolute Gasteiger partial charge is 0.319 e. The van der Waals surface area contributed by atoms with E-state index in [0.717, 1.165) is 0 Å². The van der Waals surface area contributed by atoms with Gasteiger partial charge in [0.05, 0.1) is 17.8 Å². The summed E-state index contributed by atoms with van der Waals surface area (Å²) in [5, 5.41) is 14.1. The second-order valence-electron chi connectivity index (χ2n) is 4.13. The van der Waals surface area contributed by atoms with E-state index >= 15 is 0 Å². The molecular formula is C12H17FN2O2. The Morgan fingerprint density at radius 2 is 2.12 bits per heavy atom. The molecule has 0 aliphatic heterocycles. The van der Waals surface area contributed by atoms with Crippen molar-refractivity contribution in [3.05, 3.63) is 30.1 Å². The highest BCUT2D eigenvalue weighted by Crippen LogP contribution is 2.13. The first-order chi connectivity index (χ1) is 8.00. The molecule has 0 aromatic heterocycles. The van der Waals surface area contributed by atoms with E-state index in [1.807, 2.05) is 6.92 Å². The summed E-state index contributed by atoms with van der Waals surface area (Å²) in [6, 6.07) is 5.37. The third-order valence-corrected chi connectivity index (χ3v) is 2.67. The number of urea groups is 1. The number of carbonyl (C=O) groups excluding carboxylic acids is 1. The summed E-state index contributed by atoms with van der Waals surface area (Å²) in [5.74, 6) is -0.496. The predicted molar refractivity (Wildman–Crippen MR) is 64.3 cm³/mol. The van der Waals surface area contributed by atoms with E-state index in [4.69, 9.17) is 5.11 Å². The number of rotatable bonds is 4. The summed E-state index contributed by atoms with van der Waals surface area (Å²) in [6.07, 6.45) is 0.578. The molecule has 3 N–H and O–H groups in total. The van der Waals surface area contributed by atoms with Gasteiger partial charge in [0, 0.05) is 0 Å². The minimum Gasteiger partial charge on any atom is -0.394 e. The van der Waals surface area contributed by atoms with Gasteiger partial charge in [0.2, 0.25) is 0 Å². The number of aliphatic hydroxyl groups is 1. The molecule has 17 heavy (non-hydrogen) atoms. The lowest BCUT2D eigenvalue weighted by Crippen LogP contribution is -2.50. The Labute approximate surface area is 99.8 Å². The van der Waals surface area contributed by atoms with E-state index in [1.165, 1.54) is 12.1 Å². The molecule has 0 saturated carbocycles. The van der Waals surface area contributed by atoms with Gasteiger partial charge in [-0.2, -0.15) is 0 Å². The van der Waals surface area contributed by atoms with Crippen LogP contribution in [0, 0.1) is 5.82 Å². The first kappa shape index (κ1) is 13.4. The fourth-order valence-corrected chi connectivity index (χ4v) is 1.23. The molecule has 4 nitrogen and oxygen atoms in total. The standard InChI is InChI=1S/C12H17FN2O2/c1-3-12(2,8-16)15-11(17)14-10-7-5-4-6-9(10)13/h4-7,16H,3,8H2,1-2H3,(H2,14,15,17). The average Bonchev–Trinajstić information content (AvgIpc) is 2.32. The topological polar surface area (TPSA) is 61.4 Å². The zero-order valence-corrected chi connectivity index (χ0v) is 9.96. The molecule has 1 rings (SSSR count). The summed E-state index contributed by atoms with van der Waals surface area (Å²) < 4.78 is 13.3. The quantitative estimate of drug-likeness (QED) is 0.754. The number of nitrogens with one attached hydrogen (secondary N) is 2. The second kappa shape index (κ2) is 5.63. The molecule has 0 aliphatic rings. The van der Waals surface area contributed by atoms with Crippen LogP contribution in [0.5, 0.6) is 0 Å². The van der Waals surface area contributed by atoms with Crippen molar-refractivity contribution in [3.63, 3.8) is 0 Å². The number of carbonyl (C=O) groups is 1. The Balaban J connectivity index is 2.65. The number of para-hydroxylation sites is 1. The van der Waals surface area contributed by atoms with E-state index in [-0.39, 0.29) is 12.3 Å². The van der Waals surface area contributed by atoms with E-state index in [2.05, 4.69) is 10.6 Å². The molecule has 0 spiro atoms. The van der Waals surface area contributed by atoms with Gasteiger partial charge >= 0.3 is 6.03 Å². The number of amides is 2. The van der Waals surface area contributed by atoms with Crippen LogP contribution >= 0.6 is 0 Å². The number of benzene rings is 1. The number of aliphatic hydroxyl groups excluding tert-OH is 1. The lowest BCUT2D eigenvalue weighted by Gasteiger charge is -2.27. The van der Waals surface area contributed by atoms with Crippen molar-refractivity contribution in [1.29, 1.82) is 0 Å². The minimum atomic E-state index is -0.699. The van der Waals surface area contributed by atoms with Crippen molar-refractivity contribution in [2.75, 3.05) is 11.9 Å². The maximum absolute atomic E-state index is 13.3. The molecule has 1 atom stereocenters. The van der Waals surface area contributed by atoms with Gasteiger partial charge in [0.25, 0.3) is 0 Å². The molecular weight excluding hydrogens is 223 g/mol. The molecule has 0 fully saturated rings. The Morgan fingerprint density at radius 3 is 2.65 bits per heavy atom. The summed E-state index contributed by atoms with van der Waals surface area (Å²) in [6.45, 7) is 3.39. The fraction of sp³-hybridized carbons (Fsp3) is 0.417. The average molecular weight is 240 g/mol. The van der Waals surface area contributed by atoms with E-state index < -0.39 is 17.4 Å². The molecule has 0 aliphatic carbocycles. The summed E-state index contributed by atoms with van der Waals surface area (Å²) in [5.41, 5.74) is -0.587. The van der Waals surface area contributed by atoms with E-state index in [0.29, 0.717) is 6.42 Å². The summed E-state index contributed by atoms with van der Waals surface area (Å²) in [4.78, 5) is 11.6. The SMILES string of the molecule is CCC(C)(CO)NC(=O)Nc1ccccc1F. The lowest BCUT2D eigenvalue weighted by atomic mass is 10.0. The molecule has 0 heterocycles. The highest BCUT2D eigenvalue weighted by atomic mass is 19.1. The largest absolute Gasteiger partial charge is 0.394 e. The zero-order chi connectivity index (χ0) is 12.9. The fourth-order valence-electron chi connectivity index (χ4n) is 1.23. The summed E-state index contributed by atoms with van der Waals surface area (Å²) in [7, 11) is 0. The van der Waals surface area contributed by atoms with Gasteiger partial charge in [-0.3, -0.25) is 0 Å². The third-order valence-electron chi connectivity index (χ3n) is 2.67. The Morgan fingerprint density at radius 1 is 1.47 bits per heavy atom. The monoisotopic (exact) mass is 240 g/mol. The van der Waals surface area contributed by atoms with Gasteiger partial charge in [-0.15, -0.1) is 0 Å². The van der Waals surface area contributed by atoms with Crippen molar-refractivity contribution < 1.29 is 14.3 Å². The number of anilines is 1. The van der Waals surface area contributed by atoms with Gasteiger partial charge in [0.1, 0.15) is 5.82 Å². The molecule has 94 valence electrons. The normalized spacial score (nSPS) is 13.9. The van der Waals surface area contributed by atoms with Gasteiger partial charge in [0.15, 0.2) is 0 Å². The van der Waals surface area contributed by atoms with Crippen LogP contribution in [-0.4, -0.2) is 23.3 Å². The van der Waals surface area contributed by atoms with Crippen LogP contribution < -0.4 is 10.6 Å². The lowest BCUT2D eigenvalue weighted by molar-refractivity contribution is 0.172. The van der Waals surface area contributed by atoms with Crippen molar-refractivity contribution in [3.8, 4) is 0 Å². The molecule has 0 saturated heterocycles. The molecule has 1 unspecified atom stereocenters. The van der Waals surface area contributed by atoms with Crippen LogP contribution in [0.1, 0.15) is 20.3 Å². The highest BCUT2D eigenvalue weighted by Gasteiger charge is 2.23. The molecule has 5 heteroatoms. The van der Waals surface area contributed by atoms with Crippen LogP contribution in [0.3, 0.4) is 0 Å². The Bertz CT molecular complexity index is 392. The molecule has 0 bridgehead atoms. The van der Waals surface area contributed by atoms with Gasteiger partial charge in [-0.05, 0) is 25.5 Å². The van der Waals surface area contributed by atoms with Crippen LogP contribution in [0.15, 0.2) is 24.3 Å². The highest BCUT2D eigenvalue weighted by molar-refractivity contribution is 5.89. The maximum atomic E-state index is 13.3. The number of hydrogen-bond donors (Lipinski definition) is 3. The molecule has 0 radical (unpaired) electrons. The maximum Gasteiger partial charge on any atom is 0.319 e. The van der Waals surface area contributed by atoms with Crippen molar-refractivity contribution in [2.24, 2.45) is 0 Å². The van der Waals surface area contributed by atoms with Crippen LogP contribution in [0.25, 0.3) is 0 Å². The van der Waals surface area contributed by atoms with Gasteiger partial charge in [-0.25, -0.2) is 9.18 Å². The second-order valence-corrected chi connectivity index (χ2v) is 4.13. The zero-order valence-electron chi connectivity index (χ0n) is 9.96. The Kier molecular flexibility index (Phi) is 4.45. The third kappa shape index (κ3) is 3.71. The molecule has 2 amide bonds. The van der Waals surface area contributed by atoms with Crippen LogP contribution in [-0.2, 0) is 0 Å². The van der Waals surface area contributed by atoms with Gasteiger partial charge in [-0.1, -0.05) is 19.1 Å². The molecule has 1 aromatic rings. The van der Waals surface area contributed by atoms with E-state index in [9.17, 15) is 9.18 Å². The van der Waals surface area contributed by atoms with Crippen molar-refractivity contribution >= 4 is 11.7 Å². The Hall–Kier alpha value is -1.62.